The Hall–Kier alpha value is -3.42. The number of carbonyl (C=O) groups excluding carboxylic acids is 2. The number of hydrogen-bond donors (Lipinski definition) is 2. The lowest BCUT2D eigenvalue weighted by atomic mass is 9.84. The normalized spacial score (nSPS) is 17.9. The standard InChI is InChI=1S/C20H20N6O2/c1-25-17-10-13(11-21-16(17)12-22-25)18(27)26-8-6-20(7-9-26)19(28)23-14-4-2-3-5-15(14)24-20/h2-5,10-12,24H,6-9H2,1H3,(H,23,28). The smallest absolute Gasteiger partial charge is 0.255 e. The molecule has 0 atom stereocenters. The molecule has 28 heavy (non-hydrogen) atoms. The van der Waals surface area contributed by atoms with Crippen LogP contribution in [0.2, 0.25) is 0 Å². The van der Waals surface area contributed by atoms with Gasteiger partial charge in [0.25, 0.3) is 5.91 Å². The van der Waals surface area contributed by atoms with Crippen LogP contribution in [0.4, 0.5) is 11.4 Å². The molecule has 4 heterocycles. The van der Waals surface area contributed by atoms with E-state index in [-0.39, 0.29) is 11.8 Å². The van der Waals surface area contributed by atoms with Crippen molar-refractivity contribution in [2.45, 2.75) is 18.4 Å². The molecule has 2 N–H and O–H groups in total. The molecule has 3 aromatic rings. The van der Waals surface area contributed by atoms with E-state index in [0.717, 1.165) is 22.4 Å². The summed E-state index contributed by atoms with van der Waals surface area (Å²) < 4.78 is 1.71. The van der Waals surface area contributed by atoms with Gasteiger partial charge in [0.1, 0.15) is 11.1 Å². The second-order valence-electron chi connectivity index (χ2n) is 7.40. The maximum Gasteiger partial charge on any atom is 0.255 e. The molecule has 2 aromatic heterocycles. The quantitative estimate of drug-likeness (QED) is 0.678. The van der Waals surface area contributed by atoms with E-state index >= 15 is 0 Å². The topological polar surface area (TPSA) is 92.2 Å². The Kier molecular flexibility index (Phi) is 3.61. The van der Waals surface area contributed by atoms with Gasteiger partial charge in [0, 0.05) is 26.3 Å². The summed E-state index contributed by atoms with van der Waals surface area (Å²) in [7, 11) is 1.83. The number of nitrogens with one attached hydrogen (secondary N) is 2. The second-order valence-corrected chi connectivity index (χ2v) is 7.40. The van der Waals surface area contributed by atoms with Crippen molar-refractivity contribution >= 4 is 34.2 Å². The zero-order valence-electron chi connectivity index (χ0n) is 15.5. The van der Waals surface area contributed by atoms with Crippen molar-refractivity contribution in [3.8, 4) is 0 Å². The molecule has 0 radical (unpaired) electrons. The first-order valence-corrected chi connectivity index (χ1v) is 9.31. The fourth-order valence-electron chi connectivity index (χ4n) is 4.03. The first-order valence-electron chi connectivity index (χ1n) is 9.31. The van der Waals surface area contributed by atoms with Crippen LogP contribution >= 0.6 is 0 Å². The van der Waals surface area contributed by atoms with Gasteiger partial charge in [0.2, 0.25) is 5.91 Å². The second kappa shape index (κ2) is 6.05. The summed E-state index contributed by atoms with van der Waals surface area (Å²) in [6, 6.07) is 9.50. The number of carbonyl (C=O) groups is 2. The molecule has 142 valence electrons. The summed E-state index contributed by atoms with van der Waals surface area (Å²) in [6.45, 7) is 1.01. The van der Waals surface area contributed by atoms with Crippen LogP contribution in [0.5, 0.6) is 0 Å². The lowest BCUT2D eigenvalue weighted by Gasteiger charge is -2.44. The zero-order chi connectivity index (χ0) is 19.3. The van der Waals surface area contributed by atoms with Crippen molar-refractivity contribution in [2.24, 2.45) is 7.05 Å². The Balaban J connectivity index is 1.34. The molecule has 8 heteroatoms. The number of benzene rings is 1. The van der Waals surface area contributed by atoms with Crippen molar-refractivity contribution < 1.29 is 9.59 Å². The number of pyridine rings is 1. The predicted molar refractivity (Wildman–Crippen MR) is 105 cm³/mol. The number of aromatic nitrogens is 3. The first-order chi connectivity index (χ1) is 13.6. The molecule has 1 fully saturated rings. The summed E-state index contributed by atoms with van der Waals surface area (Å²) in [5.74, 6) is -0.0988. The molecule has 1 spiro atoms. The first kappa shape index (κ1) is 16.7. The third-order valence-electron chi connectivity index (χ3n) is 5.73. The Labute approximate surface area is 161 Å². The highest BCUT2D eigenvalue weighted by atomic mass is 16.2. The van der Waals surface area contributed by atoms with Crippen LogP contribution in [0.3, 0.4) is 0 Å². The van der Waals surface area contributed by atoms with Crippen molar-refractivity contribution in [3.05, 3.63) is 48.3 Å². The number of piperidine rings is 1. The number of fused-ring (bicyclic) bond motifs is 2. The fraction of sp³-hybridized carbons (Fsp3) is 0.300. The number of nitrogens with zero attached hydrogens (tertiary/aromatic N) is 4. The number of likely N-dealkylation sites (tertiary alicyclic amines) is 1. The van der Waals surface area contributed by atoms with Crippen molar-refractivity contribution in [3.63, 3.8) is 0 Å². The van der Waals surface area contributed by atoms with E-state index in [9.17, 15) is 9.59 Å². The average Bonchev–Trinajstić information content (AvgIpc) is 3.09. The summed E-state index contributed by atoms with van der Waals surface area (Å²) in [5, 5.41) is 10.6. The number of aryl methyl sites for hydroxylation is 1. The Bertz CT molecular complexity index is 1100. The number of rotatable bonds is 1. The number of amides is 2. The molecule has 0 aliphatic carbocycles. The maximum atomic E-state index is 13.0. The summed E-state index contributed by atoms with van der Waals surface area (Å²) in [5.41, 5.74) is 3.18. The fourth-order valence-corrected chi connectivity index (χ4v) is 4.03. The molecule has 5 rings (SSSR count). The van der Waals surface area contributed by atoms with Crippen LogP contribution in [0.1, 0.15) is 23.2 Å². The van der Waals surface area contributed by atoms with Gasteiger partial charge < -0.3 is 15.5 Å². The van der Waals surface area contributed by atoms with E-state index in [4.69, 9.17) is 0 Å². The third-order valence-corrected chi connectivity index (χ3v) is 5.73. The largest absolute Gasteiger partial charge is 0.369 e. The highest BCUT2D eigenvalue weighted by molar-refractivity contribution is 6.06. The molecule has 8 nitrogen and oxygen atoms in total. The minimum atomic E-state index is -0.671. The molecule has 0 saturated carbocycles. The molecule has 2 amide bonds. The molecule has 1 aromatic carbocycles. The van der Waals surface area contributed by atoms with Crippen LogP contribution in [0, 0.1) is 0 Å². The number of anilines is 2. The van der Waals surface area contributed by atoms with Crippen molar-refractivity contribution in [2.75, 3.05) is 23.7 Å². The predicted octanol–water partition coefficient (Wildman–Crippen LogP) is 2.01. The molecule has 0 unspecified atom stereocenters. The van der Waals surface area contributed by atoms with E-state index in [2.05, 4.69) is 20.7 Å². The van der Waals surface area contributed by atoms with E-state index in [1.54, 1.807) is 22.0 Å². The van der Waals surface area contributed by atoms with Crippen molar-refractivity contribution in [1.82, 2.24) is 19.7 Å². The van der Waals surface area contributed by atoms with Gasteiger partial charge in [-0.25, -0.2) is 0 Å². The Morgan fingerprint density at radius 1 is 1.14 bits per heavy atom. The minimum absolute atomic E-state index is 0.0312. The Morgan fingerprint density at radius 2 is 1.89 bits per heavy atom. The number of hydrogen-bond acceptors (Lipinski definition) is 5. The van der Waals surface area contributed by atoms with E-state index in [0.29, 0.717) is 31.5 Å². The van der Waals surface area contributed by atoms with Crippen LogP contribution in [0.15, 0.2) is 42.7 Å². The summed E-state index contributed by atoms with van der Waals surface area (Å²) >= 11 is 0. The van der Waals surface area contributed by atoms with Crippen LogP contribution < -0.4 is 10.6 Å². The number of para-hydroxylation sites is 2. The van der Waals surface area contributed by atoms with Crippen LogP contribution in [-0.2, 0) is 11.8 Å². The molecule has 2 aliphatic rings. The van der Waals surface area contributed by atoms with Gasteiger partial charge in [-0.15, -0.1) is 0 Å². The maximum absolute atomic E-state index is 13.0. The van der Waals surface area contributed by atoms with Crippen LogP contribution in [0.25, 0.3) is 11.0 Å². The summed E-state index contributed by atoms with van der Waals surface area (Å²) in [4.78, 5) is 31.8. The van der Waals surface area contributed by atoms with Gasteiger partial charge in [-0.3, -0.25) is 19.3 Å². The molecular formula is C20H20N6O2. The van der Waals surface area contributed by atoms with Gasteiger partial charge in [-0.05, 0) is 31.0 Å². The van der Waals surface area contributed by atoms with Gasteiger partial charge >= 0.3 is 0 Å². The lowest BCUT2D eigenvalue weighted by Crippen LogP contribution is -2.59. The molecule has 0 bridgehead atoms. The van der Waals surface area contributed by atoms with E-state index in [1.807, 2.05) is 37.4 Å². The van der Waals surface area contributed by atoms with E-state index in [1.165, 1.54) is 0 Å². The third kappa shape index (κ3) is 2.52. The monoisotopic (exact) mass is 376 g/mol. The molecular weight excluding hydrogens is 356 g/mol. The van der Waals surface area contributed by atoms with Crippen LogP contribution in [-0.4, -0.2) is 50.1 Å². The highest BCUT2D eigenvalue weighted by Crippen LogP contribution is 2.36. The SMILES string of the molecule is Cn1ncc2ncc(C(=O)N3CCC4(CC3)Nc3ccccc3NC4=O)cc21. The van der Waals surface area contributed by atoms with Crippen molar-refractivity contribution in [1.29, 1.82) is 0 Å². The van der Waals surface area contributed by atoms with Gasteiger partial charge in [-0.1, -0.05) is 12.1 Å². The minimum Gasteiger partial charge on any atom is -0.369 e. The molecule has 1 saturated heterocycles. The van der Waals surface area contributed by atoms with Gasteiger partial charge in [0.05, 0.1) is 28.7 Å². The van der Waals surface area contributed by atoms with Gasteiger partial charge in [-0.2, -0.15) is 5.10 Å². The van der Waals surface area contributed by atoms with E-state index < -0.39 is 5.54 Å². The van der Waals surface area contributed by atoms with Gasteiger partial charge in [0.15, 0.2) is 0 Å². The summed E-state index contributed by atoms with van der Waals surface area (Å²) in [6.07, 6.45) is 4.39. The molecule has 2 aliphatic heterocycles. The zero-order valence-corrected chi connectivity index (χ0v) is 15.5. The highest BCUT2D eigenvalue weighted by Gasteiger charge is 2.45. The lowest BCUT2D eigenvalue weighted by molar-refractivity contribution is -0.122. The Morgan fingerprint density at radius 3 is 2.68 bits per heavy atom. The average molecular weight is 376 g/mol.